The Morgan fingerprint density at radius 3 is 2.04 bits per heavy atom. The summed E-state index contributed by atoms with van der Waals surface area (Å²) in [6.45, 7) is -0.297. The predicted octanol–water partition coefficient (Wildman–Crippen LogP) is 4.07. The van der Waals surface area contributed by atoms with Crippen LogP contribution in [0.25, 0.3) is 0 Å². The number of alkyl halides is 3. The van der Waals surface area contributed by atoms with Crippen LogP contribution in [0.1, 0.15) is 18.4 Å². The van der Waals surface area contributed by atoms with Crippen LogP contribution in [0.3, 0.4) is 0 Å². The van der Waals surface area contributed by atoms with E-state index in [0.29, 0.717) is 11.4 Å². The summed E-state index contributed by atoms with van der Waals surface area (Å²) in [6, 6.07) is 10.7. The Balaban J connectivity index is 1.46. The lowest BCUT2D eigenvalue weighted by atomic mass is 10.2. The number of ether oxygens (including phenoxy) is 1. The van der Waals surface area contributed by atoms with Crippen molar-refractivity contribution in [2.45, 2.75) is 19.0 Å². The summed E-state index contributed by atoms with van der Waals surface area (Å²) in [5.41, 5.74) is 0.105. The zero-order valence-corrected chi connectivity index (χ0v) is 14.2. The topological polar surface area (TPSA) is 67.4 Å². The van der Waals surface area contributed by atoms with Crippen molar-refractivity contribution in [2.24, 2.45) is 5.92 Å². The molecule has 8 heteroatoms. The van der Waals surface area contributed by atoms with E-state index in [-0.39, 0.29) is 24.1 Å². The second-order valence-corrected chi connectivity index (χ2v) is 6.20. The van der Waals surface area contributed by atoms with Crippen LogP contribution in [0.5, 0.6) is 5.75 Å². The van der Waals surface area contributed by atoms with Crippen LogP contribution in [0.2, 0.25) is 0 Å². The molecule has 2 aromatic carbocycles. The molecule has 2 N–H and O–H groups in total. The molecule has 0 atom stereocenters. The van der Waals surface area contributed by atoms with E-state index in [1.54, 1.807) is 24.3 Å². The third kappa shape index (κ3) is 5.47. The number of hydrogen-bond donors (Lipinski definition) is 2. The number of halogens is 3. The second-order valence-electron chi connectivity index (χ2n) is 6.20. The molecule has 27 heavy (non-hydrogen) atoms. The van der Waals surface area contributed by atoms with Gasteiger partial charge >= 0.3 is 6.18 Å². The molecule has 1 saturated carbocycles. The van der Waals surface area contributed by atoms with Crippen molar-refractivity contribution in [3.63, 3.8) is 0 Å². The van der Waals surface area contributed by atoms with Gasteiger partial charge in [0.1, 0.15) is 5.75 Å². The van der Waals surface area contributed by atoms with Gasteiger partial charge in [0, 0.05) is 17.3 Å². The largest absolute Gasteiger partial charge is 0.484 e. The smallest absolute Gasteiger partial charge is 0.416 e. The lowest BCUT2D eigenvalue weighted by Gasteiger charge is -2.10. The molecule has 0 aliphatic heterocycles. The minimum atomic E-state index is -4.42. The fourth-order valence-corrected chi connectivity index (χ4v) is 2.31. The second kappa shape index (κ2) is 7.69. The van der Waals surface area contributed by atoms with Gasteiger partial charge < -0.3 is 15.4 Å². The van der Waals surface area contributed by atoms with Crippen molar-refractivity contribution < 1.29 is 27.5 Å². The number of nitrogens with one attached hydrogen (secondary N) is 2. The molecule has 0 aromatic heterocycles. The number of carbonyl (C=O) groups is 2. The maximum absolute atomic E-state index is 12.5. The maximum Gasteiger partial charge on any atom is 0.416 e. The van der Waals surface area contributed by atoms with Crippen molar-refractivity contribution in [3.05, 3.63) is 54.1 Å². The van der Waals surface area contributed by atoms with Crippen LogP contribution in [-0.4, -0.2) is 18.4 Å². The highest BCUT2D eigenvalue weighted by Crippen LogP contribution is 2.31. The van der Waals surface area contributed by atoms with Gasteiger partial charge in [0.05, 0.1) is 5.56 Å². The SMILES string of the molecule is O=C(COc1ccc(NC(=O)C2CC2)cc1)Nc1ccc(C(F)(F)F)cc1. The minimum absolute atomic E-state index is 0.000382. The van der Waals surface area contributed by atoms with E-state index < -0.39 is 17.6 Å². The summed E-state index contributed by atoms with van der Waals surface area (Å²) in [7, 11) is 0. The van der Waals surface area contributed by atoms with E-state index in [4.69, 9.17) is 4.74 Å². The zero-order valence-electron chi connectivity index (χ0n) is 14.2. The minimum Gasteiger partial charge on any atom is -0.484 e. The van der Waals surface area contributed by atoms with Crippen LogP contribution < -0.4 is 15.4 Å². The monoisotopic (exact) mass is 378 g/mol. The first kappa shape index (κ1) is 18.8. The molecule has 2 amide bonds. The summed E-state index contributed by atoms with van der Waals surface area (Å²) in [6.07, 6.45) is -2.59. The molecule has 1 fully saturated rings. The van der Waals surface area contributed by atoms with Crippen LogP contribution in [-0.2, 0) is 15.8 Å². The molecule has 0 saturated heterocycles. The van der Waals surface area contributed by atoms with Crippen molar-refractivity contribution in [1.29, 1.82) is 0 Å². The van der Waals surface area contributed by atoms with E-state index in [9.17, 15) is 22.8 Å². The first-order valence-electron chi connectivity index (χ1n) is 8.32. The van der Waals surface area contributed by atoms with Gasteiger partial charge in [-0.05, 0) is 61.4 Å². The summed E-state index contributed by atoms with van der Waals surface area (Å²) >= 11 is 0. The van der Waals surface area contributed by atoms with Gasteiger partial charge in [0.2, 0.25) is 5.91 Å². The number of hydrogen-bond acceptors (Lipinski definition) is 3. The van der Waals surface area contributed by atoms with Crippen molar-refractivity contribution in [3.8, 4) is 5.75 Å². The Hall–Kier alpha value is -3.03. The van der Waals surface area contributed by atoms with Crippen molar-refractivity contribution in [2.75, 3.05) is 17.2 Å². The third-order valence-corrected chi connectivity index (χ3v) is 3.94. The van der Waals surface area contributed by atoms with Gasteiger partial charge in [0.25, 0.3) is 5.91 Å². The quantitative estimate of drug-likeness (QED) is 0.796. The first-order chi connectivity index (χ1) is 12.8. The average Bonchev–Trinajstić information content (AvgIpc) is 3.46. The number of anilines is 2. The summed E-state index contributed by atoms with van der Waals surface area (Å²) in [5.74, 6) is 0.0391. The highest BCUT2D eigenvalue weighted by atomic mass is 19.4. The fourth-order valence-electron chi connectivity index (χ4n) is 2.31. The third-order valence-electron chi connectivity index (χ3n) is 3.94. The molecular formula is C19H17F3N2O3. The molecule has 1 aliphatic carbocycles. The Morgan fingerprint density at radius 1 is 0.926 bits per heavy atom. The van der Waals surface area contributed by atoms with Crippen LogP contribution in [0.15, 0.2) is 48.5 Å². The standard InChI is InChI=1S/C19H17F3N2O3/c20-19(21,22)13-3-5-14(6-4-13)23-17(25)11-27-16-9-7-15(8-10-16)24-18(26)12-1-2-12/h3-10,12H,1-2,11H2,(H,23,25)(H,24,26). The van der Waals surface area contributed by atoms with E-state index in [2.05, 4.69) is 10.6 Å². The molecule has 142 valence electrons. The first-order valence-corrected chi connectivity index (χ1v) is 8.32. The number of rotatable bonds is 6. The normalized spacial score (nSPS) is 13.7. The van der Waals surface area contributed by atoms with Crippen LogP contribution in [0, 0.1) is 5.92 Å². The highest BCUT2D eigenvalue weighted by Gasteiger charge is 2.30. The van der Waals surface area contributed by atoms with E-state index >= 15 is 0 Å². The molecule has 2 aromatic rings. The molecule has 5 nitrogen and oxygen atoms in total. The molecule has 0 radical (unpaired) electrons. The summed E-state index contributed by atoms with van der Waals surface area (Å²) in [5, 5.41) is 5.25. The number of carbonyl (C=O) groups excluding carboxylic acids is 2. The zero-order chi connectivity index (χ0) is 19.4. The Morgan fingerprint density at radius 2 is 1.48 bits per heavy atom. The Bertz CT molecular complexity index is 814. The van der Waals surface area contributed by atoms with Gasteiger partial charge in [-0.15, -0.1) is 0 Å². The molecular weight excluding hydrogens is 361 g/mol. The number of benzene rings is 2. The summed E-state index contributed by atoms with van der Waals surface area (Å²) in [4.78, 5) is 23.5. The molecule has 0 unspecified atom stereocenters. The molecule has 0 heterocycles. The molecule has 0 spiro atoms. The highest BCUT2D eigenvalue weighted by molar-refractivity contribution is 5.94. The predicted molar refractivity (Wildman–Crippen MR) is 93.4 cm³/mol. The van der Waals surface area contributed by atoms with Gasteiger partial charge in [-0.1, -0.05) is 0 Å². The lowest BCUT2D eigenvalue weighted by Crippen LogP contribution is -2.20. The van der Waals surface area contributed by atoms with Gasteiger partial charge in [-0.25, -0.2) is 0 Å². The fraction of sp³-hybridized carbons (Fsp3) is 0.263. The van der Waals surface area contributed by atoms with Gasteiger partial charge in [0.15, 0.2) is 6.61 Å². The molecule has 3 rings (SSSR count). The van der Waals surface area contributed by atoms with Crippen LogP contribution in [0.4, 0.5) is 24.5 Å². The Labute approximate surface area is 153 Å². The van der Waals surface area contributed by atoms with Crippen molar-refractivity contribution in [1.82, 2.24) is 0 Å². The Kier molecular flexibility index (Phi) is 5.34. The van der Waals surface area contributed by atoms with E-state index in [1.807, 2.05) is 0 Å². The molecule has 0 bridgehead atoms. The average molecular weight is 378 g/mol. The maximum atomic E-state index is 12.5. The summed E-state index contributed by atoms with van der Waals surface area (Å²) < 4.78 is 42.8. The lowest BCUT2D eigenvalue weighted by molar-refractivity contribution is -0.137. The van der Waals surface area contributed by atoms with E-state index in [1.165, 1.54) is 12.1 Å². The number of amides is 2. The molecule has 1 aliphatic rings. The van der Waals surface area contributed by atoms with Gasteiger partial charge in [-0.2, -0.15) is 13.2 Å². The van der Waals surface area contributed by atoms with Crippen molar-refractivity contribution >= 4 is 23.2 Å². The van der Waals surface area contributed by atoms with Crippen LogP contribution >= 0.6 is 0 Å². The van der Waals surface area contributed by atoms with Gasteiger partial charge in [-0.3, -0.25) is 9.59 Å². The van der Waals surface area contributed by atoms with E-state index in [0.717, 1.165) is 25.0 Å².